The quantitative estimate of drug-likeness (QED) is 0.312. The lowest BCUT2D eigenvalue weighted by Crippen LogP contribution is -2.56. The number of aliphatic hydroxyl groups is 2. The molecule has 0 aromatic rings. The summed E-state index contributed by atoms with van der Waals surface area (Å²) in [4.78, 5) is 0. The van der Waals surface area contributed by atoms with Gasteiger partial charge in [-0.25, -0.2) is 0 Å². The lowest BCUT2D eigenvalue weighted by Gasteiger charge is -2.45. The first-order valence-corrected chi connectivity index (χ1v) is 11.6. The summed E-state index contributed by atoms with van der Waals surface area (Å²) in [5.41, 5.74) is -3.71. The fourth-order valence-electron chi connectivity index (χ4n) is 5.60. The minimum absolute atomic E-state index is 0.0826. The molecule has 0 radical (unpaired) electrons. The lowest BCUT2D eigenvalue weighted by molar-refractivity contribution is -0.162. The Kier molecular flexibility index (Phi) is 7.64. The third-order valence-electron chi connectivity index (χ3n) is 7.61. The highest BCUT2D eigenvalue weighted by molar-refractivity contribution is 5.34. The van der Waals surface area contributed by atoms with E-state index >= 15 is 0 Å². The second-order valence-corrected chi connectivity index (χ2v) is 10.4. The molecule has 0 aromatic heterocycles. The molecule has 3 rings (SSSR count). The number of hydrogen-bond acceptors (Lipinski definition) is 4. The van der Waals surface area contributed by atoms with Crippen molar-refractivity contribution in [2.75, 3.05) is 6.54 Å². The predicted molar refractivity (Wildman–Crippen MR) is 112 cm³/mol. The largest absolute Gasteiger partial charge is 0.416 e. The van der Waals surface area contributed by atoms with Crippen molar-refractivity contribution in [2.24, 2.45) is 11.3 Å². The average molecular weight is 485 g/mol. The van der Waals surface area contributed by atoms with Crippen LogP contribution in [-0.4, -0.2) is 53.0 Å². The van der Waals surface area contributed by atoms with E-state index in [0.717, 1.165) is 38.2 Å². The van der Waals surface area contributed by atoms with E-state index in [9.17, 15) is 36.6 Å². The molecule has 3 aliphatic rings. The molecule has 190 valence electrons. The van der Waals surface area contributed by atoms with E-state index in [1.54, 1.807) is 13.8 Å². The van der Waals surface area contributed by atoms with Crippen LogP contribution in [0.1, 0.15) is 65.2 Å². The van der Waals surface area contributed by atoms with Gasteiger partial charge in [0.2, 0.25) is 0 Å². The zero-order valence-electron chi connectivity index (χ0n) is 19.0. The van der Waals surface area contributed by atoms with Gasteiger partial charge in [-0.3, -0.25) is 5.32 Å². The number of hydrogen-bond donors (Lipinski definition) is 4. The number of allylic oxidation sites excluding steroid dienone is 3. The van der Waals surface area contributed by atoms with Crippen LogP contribution >= 0.6 is 0 Å². The van der Waals surface area contributed by atoms with Gasteiger partial charge in [-0.05, 0) is 58.4 Å². The lowest BCUT2D eigenvalue weighted by atomic mass is 9.70. The maximum absolute atomic E-state index is 13.2. The zero-order chi connectivity index (χ0) is 24.7. The van der Waals surface area contributed by atoms with Gasteiger partial charge in [-0.1, -0.05) is 24.5 Å². The van der Waals surface area contributed by atoms with Crippen LogP contribution in [0.4, 0.5) is 26.3 Å². The van der Waals surface area contributed by atoms with Crippen LogP contribution in [0, 0.1) is 11.3 Å². The van der Waals surface area contributed by atoms with Gasteiger partial charge in [0.15, 0.2) is 0 Å². The summed E-state index contributed by atoms with van der Waals surface area (Å²) < 4.78 is 79.1. The third kappa shape index (κ3) is 6.13. The van der Waals surface area contributed by atoms with Crippen molar-refractivity contribution in [1.29, 1.82) is 0 Å². The first kappa shape index (κ1) is 26.5. The Morgan fingerprint density at radius 2 is 1.70 bits per heavy atom. The Bertz CT molecular complexity index is 750. The Hall–Kier alpha value is -1.10. The summed E-state index contributed by atoms with van der Waals surface area (Å²) in [6, 6.07) is 0.483. The van der Waals surface area contributed by atoms with Gasteiger partial charge in [0.25, 0.3) is 0 Å². The summed E-state index contributed by atoms with van der Waals surface area (Å²) >= 11 is 0. The molecule has 4 N–H and O–H groups in total. The van der Waals surface area contributed by atoms with Gasteiger partial charge in [0.1, 0.15) is 6.23 Å². The minimum Gasteiger partial charge on any atom is -0.390 e. The molecule has 33 heavy (non-hydrogen) atoms. The fourth-order valence-corrected chi connectivity index (χ4v) is 5.60. The van der Waals surface area contributed by atoms with Crippen LogP contribution in [0.25, 0.3) is 0 Å². The van der Waals surface area contributed by atoms with Crippen molar-refractivity contribution in [3.8, 4) is 0 Å². The SMILES string of the molecule is CC(C)(O)[C@]1(C(O)NCC2=CC(C(F)(F)F)=CC(C(F)(F)F)C2)CC[C@@H](NC2CCCC2)C1. The number of aliphatic hydroxyl groups excluding tert-OH is 1. The molecule has 0 bridgehead atoms. The van der Waals surface area contributed by atoms with Gasteiger partial charge >= 0.3 is 12.4 Å². The molecule has 10 heteroatoms. The van der Waals surface area contributed by atoms with E-state index in [1.165, 1.54) is 0 Å². The van der Waals surface area contributed by atoms with Crippen molar-refractivity contribution in [2.45, 2.75) is 101 Å². The molecular formula is C23H34F6N2O2. The number of rotatable bonds is 7. The van der Waals surface area contributed by atoms with Gasteiger partial charge < -0.3 is 15.5 Å². The van der Waals surface area contributed by atoms with Crippen molar-refractivity contribution in [1.82, 2.24) is 10.6 Å². The summed E-state index contributed by atoms with van der Waals surface area (Å²) in [6.07, 6.45) is -4.52. The second-order valence-electron chi connectivity index (χ2n) is 10.4. The molecule has 4 atom stereocenters. The maximum Gasteiger partial charge on any atom is 0.416 e. The molecule has 2 fully saturated rings. The Labute approximate surface area is 190 Å². The summed E-state index contributed by atoms with van der Waals surface area (Å²) in [7, 11) is 0. The van der Waals surface area contributed by atoms with Crippen LogP contribution in [0.15, 0.2) is 23.3 Å². The molecule has 0 heterocycles. The highest BCUT2D eigenvalue weighted by Crippen LogP contribution is 2.49. The van der Waals surface area contributed by atoms with Crippen LogP contribution < -0.4 is 10.6 Å². The summed E-state index contributed by atoms with van der Waals surface area (Å²) in [6.45, 7) is 2.83. The van der Waals surface area contributed by atoms with Crippen LogP contribution in [0.3, 0.4) is 0 Å². The van der Waals surface area contributed by atoms with E-state index in [0.29, 0.717) is 18.9 Å². The molecular weight excluding hydrogens is 450 g/mol. The normalized spacial score (nSPS) is 31.0. The maximum atomic E-state index is 13.2. The summed E-state index contributed by atoms with van der Waals surface area (Å²) in [5.74, 6) is -2.23. The van der Waals surface area contributed by atoms with Crippen molar-refractivity contribution < 1.29 is 36.6 Å². The topological polar surface area (TPSA) is 64.5 Å². The zero-order valence-corrected chi connectivity index (χ0v) is 19.0. The predicted octanol–water partition coefficient (Wildman–Crippen LogP) is 4.73. The Morgan fingerprint density at radius 1 is 1.06 bits per heavy atom. The van der Waals surface area contributed by atoms with Crippen LogP contribution in [-0.2, 0) is 0 Å². The second kappa shape index (κ2) is 9.51. The van der Waals surface area contributed by atoms with Gasteiger partial charge in [-0.2, -0.15) is 26.3 Å². The molecule has 0 amide bonds. The van der Waals surface area contributed by atoms with E-state index in [1.807, 2.05) is 0 Å². The first-order chi connectivity index (χ1) is 15.1. The number of alkyl halides is 6. The molecule has 0 saturated heterocycles. The number of halogens is 6. The molecule has 4 nitrogen and oxygen atoms in total. The van der Waals surface area contributed by atoms with Gasteiger partial charge in [0, 0.05) is 24.0 Å². The Morgan fingerprint density at radius 3 is 2.24 bits per heavy atom. The fraction of sp³-hybridized carbons (Fsp3) is 0.826. The molecule has 0 spiro atoms. The van der Waals surface area contributed by atoms with E-state index < -0.39 is 47.5 Å². The van der Waals surface area contributed by atoms with Gasteiger partial charge in [-0.15, -0.1) is 0 Å². The highest BCUT2D eigenvalue weighted by atomic mass is 19.4. The van der Waals surface area contributed by atoms with Crippen molar-refractivity contribution >= 4 is 0 Å². The monoisotopic (exact) mass is 484 g/mol. The molecule has 2 unspecified atom stereocenters. The summed E-state index contributed by atoms with van der Waals surface area (Å²) in [5, 5.41) is 28.2. The van der Waals surface area contributed by atoms with Gasteiger partial charge in [0.05, 0.1) is 17.1 Å². The number of nitrogens with one attached hydrogen (secondary N) is 2. The van der Waals surface area contributed by atoms with Crippen molar-refractivity contribution in [3.05, 3.63) is 23.3 Å². The minimum atomic E-state index is -4.90. The van der Waals surface area contributed by atoms with E-state index in [2.05, 4.69) is 10.6 Å². The van der Waals surface area contributed by atoms with Crippen LogP contribution in [0.2, 0.25) is 0 Å². The van der Waals surface area contributed by atoms with E-state index in [-0.39, 0.29) is 24.2 Å². The Balaban J connectivity index is 1.71. The molecule has 0 aliphatic heterocycles. The smallest absolute Gasteiger partial charge is 0.390 e. The first-order valence-electron chi connectivity index (χ1n) is 11.6. The highest BCUT2D eigenvalue weighted by Gasteiger charge is 2.54. The molecule has 0 aromatic carbocycles. The van der Waals surface area contributed by atoms with Crippen molar-refractivity contribution in [3.63, 3.8) is 0 Å². The molecule has 3 aliphatic carbocycles. The molecule has 2 saturated carbocycles. The standard InChI is InChI=1S/C23H34F6N2O2/c1-20(2,33)21(8-7-18(12-21)31-17-5-3-4-6-17)19(32)30-13-14-9-15(22(24,25)26)11-16(10-14)23(27,28)29/h9,11,16-19,30-33H,3-8,10,12-13H2,1-2H3/t16?,18-,19?,21-/m1/s1. The average Bonchev–Trinajstić information content (AvgIpc) is 3.35. The van der Waals surface area contributed by atoms with E-state index in [4.69, 9.17) is 0 Å². The third-order valence-corrected chi connectivity index (χ3v) is 7.61. The van der Waals surface area contributed by atoms with Crippen LogP contribution in [0.5, 0.6) is 0 Å².